The van der Waals surface area contributed by atoms with Gasteiger partial charge in [0.2, 0.25) is 5.91 Å². The van der Waals surface area contributed by atoms with Crippen molar-refractivity contribution in [1.82, 2.24) is 10.2 Å². The van der Waals surface area contributed by atoms with Gasteiger partial charge >= 0.3 is 0 Å². The van der Waals surface area contributed by atoms with Gasteiger partial charge in [0, 0.05) is 24.5 Å². The van der Waals surface area contributed by atoms with Crippen LogP contribution in [0.3, 0.4) is 0 Å². The second-order valence-electron chi connectivity index (χ2n) is 5.45. The van der Waals surface area contributed by atoms with Gasteiger partial charge in [-0.2, -0.15) is 0 Å². The molecular weight excluding hydrogens is 304 g/mol. The average molecular weight is 325 g/mol. The Bertz CT molecular complexity index is 550. The van der Waals surface area contributed by atoms with E-state index in [0.717, 1.165) is 5.56 Å². The van der Waals surface area contributed by atoms with E-state index >= 15 is 0 Å². The lowest BCUT2D eigenvalue weighted by Crippen LogP contribution is -2.52. The lowest BCUT2D eigenvalue weighted by molar-refractivity contribution is -0.149. The molecule has 0 aliphatic carbocycles. The molecule has 22 heavy (non-hydrogen) atoms. The molecule has 1 fully saturated rings. The Hall–Kier alpha value is -1.59. The van der Waals surface area contributed by atoms with Gasteiger partial charge in [-0.25, -0.2) is 0 Å². The predicted octanol–water partition coefficient (Wildman–Crippen LogP) is 1.49. The van der Waals surface area contributed by atoms with Crippen molar-refractivity contribution >= 4 is 23.4 Å². The third-order valence-corrected chi connectivity index (χ3v) is 4.19. The fourth-order valence-electron chi connectivity index (χ4n) is 2.56. The quantitative estimate of drug-likeness (QED) is 0.913. The monoisotopic (exact) mass is 324 g/mol. The summed E-state index contributed by atoms with van der Waals surface area (Å²) in [7, 11) is 1.56. The zero-order valence-electron chi connectivity index (χ0n) is 12.8. The van der Waals surface area contributed by atoms with Crippen molar-refractivity contribution in [3.63, 3.8) is 0 Å². The molecule has 0 bridgehead atoms. The number of nitrogens with one attached hydrogen (secondary N) is 1. The number of ether oxygens (including phenoxy) is 1. The standard InChI is InChI=1S/C16H21ClN2O3/c1-11(9-12-5-3-4-6-13(12)17)16(21)19-7-8-22-14(10-19)15(20)18-2/h3-6,11,14H,7-10H2,1-2H3,(H,18,20). The van der Waals surface area contributed by atoms with Gasteiger partial charge in [-0.15, -0.1) is 0 Å². The minimum Gasteiger partial charge on any atom is -0.365 e. The van der Waals surface area contributed by atoms with Gasteiger partial charge in [-0.05, 0) is 18.1 Å². The molecule has 1 saturated heterocycles. The number of carbonyl (C=O) groups excluding carboxylic acids is 2. The summed E-state index contributed by atoms with van der Waals surface area (Å²) in [6, 6.07) is 7.53. The van der Waals surface area contributed by atoms with E-state index in [1.54, 1.807) is 11.9 Å². The third kappa shape index (κ3) is 3.99. The molecular formula is C16H21ClN2O3. The molecule has 1 aliphatic rings. The molecule has 2 unspecified atom stereocenters. The summed E-state index contributed by atoms with van der Waals surface area (Å²) in [5.74, 6) is -0.364. The molecule has 5 nitrogen and oxygen atoms in total. The fourth-order valence-corrected chi connectivity index (χ4v) is 2.77. The highest BCUT2D eigenvalue weighted by atomic mass is 35.5. The topological polar surface area (TPSA) is 58.6 Å². The number of carbonyl (C=O) groups is 2. The predicted molar refractivity (Wildman–Crippen MR) is 84.7 cm³/mol. The molecule has 1 aromatic rings. The number of likely N-dealkylation sites (N-methyl/N-ethyl adjacent to an activating group) is 1. The molecule has 6 heteroatoms. The number of nitrogens with zero attached hydrogens (tertiary/aromatic N) is 1. The number of hydrogen-bond donors (Lipinski definition) is 1. The van der Waals surface area contributed by atoms with Crippen LogP contribution >= 0.6 is 11.6 Å². The molecule has 1 aromatic carbocycles. The molecule has 0 aromatic heterocycles. The molecule has 0 radical (unpaired) electrons. The van der Waals surface area contributed by atoms with Crippen LogP contribution in [0.4, 0.5) is 0 Å². The van der Waals surface area contributed by atoms with Gasteiger partial charge in [-0.1, -0.05) is 36.7 Å². The lowest BCUT2D eigenvalue weighted by atomic mass is 9.99. The first kappa shape index (κ1) is 16.8. The Labute approximate surface area is 135 Å². The van der Waals surface area contributed by atoms with Crippen LogP contribution < -0.4 is 5.32 Å². The largest absolute Gasteiger partial charge is 0.365 e. The summed E-state index contributed by atoms with van der Waals surface area (Å²) >= 11 is 6.14. The van der Waals surface area contributed by atoms with Crippen LogP contribution in [0.5, 0.6) is 0 Å². The SMILES string of the molecule is CNC(=O)C1CN(C(=O)C(C)Cc2ccccc2Cl)CCO1. The number of rotatable bonds is 4. The van der Waals surface area contributed by atoms with Crippen molar-refractivity contribution in [1.29, 1.82) is 0 Å². The van der Waals surface area contributed by atoms with Crippen molar-refractivity contribution in [2.45, 2.75) is 19.4 Å². The Balaban J connectivity index is 1.98. The normalized spacial score (nSPS) is 19.6. The summed E-state index contributed by atoms with van der Waals surface area (Å²) in [4.78, 5) is 25.9. The zero-order chi connectivity index (χ0) is 16.1. The summed E-state index contributed by atoms with van der Waals surface area (Å²) in [6.45, 7) is 3.07. The maximum atomic E-state index is 12.6. The maximum Gasteiger partial charge on any atom is 0.250 e. The summed E-state index contributed by atoms with van der Waals surface area (Å²) in [6.07, 6.45) is -0.00393. The fraction of sp³-hybridized carbons (Fsp3) is 0.500. The van der Waals surface area contributed by atoms with E-state index < -0.39 is 6.10 Å². The van der Waals surface area contributed by atoms with Gasteiger partial charge in [0.1, 0.15) is 0 Å². The molecule has 2 amide bonds. The van der Waals surface area contributed by atoms with E-state index in [9.17, 15) is 9.59 Å². The van der Waals surface area contributed by atoms with E-state index in [0.29, 0.717) is 31.1 Å². The molecule has 1 heterocycles. The van der Waals surface area contributed by atoms with Crippen LogP contribution in [0.1, 0.15) is 12.5 Å². The second-order valence-corrected chi connectivity index (χ2v) is 5.86. The highest BCUT2D eigenvalue weighted by Gasteiger charge is 2.30. The van der Waals surface area contributed by atoms with Crippen LogP contribution in [-0.4, -0.2) is 49.6 Å². The average Bonchev–Trinajstić information content (AvgIpc) is 2.55. The second kappa shape index (κ2) is 7.61. The molecule has 0 spiro atoms. The molecule has 2 atom stereocenters. The lowest BCUT2D eigenvalue weighted by Gasteiger charge is -2.33. The summed E-state index contributed by atoms with van der Waals surface area (Å²) < 4.78 is 5.40. The first-order chi connectivity index (χ1) is 10.5. The number of amides is 2. The molecule has 2 rings (SSSR count). The van der Waals surface area contributed by atoms with Gasteiger partial charge < -0.3 is 15.0 Å². The van der Waals surface area contributed by atoms with Gasteiger partial charge in [-0.3, -0.25) is 9.59 Å². The Kier molecular flexibility index (Phi) is 5.80. The van der Waals surface area contributed by atoms with Gasteiger partial charge in [0.25, 0.3) is 5.91 Å². The maximum absolute atomic E-state index is 12.6. The smallest absolute Gasteiger partial charge is 0.250 e. The molecule has 1 N–H and O–H groups in total. The highest BCUT2D eigenvalue weighted by molar-refractivity contribution is 6.31. The summed E-state index contributed by atoms with van der Waals surface area (Å²) in [5.41, 5.74) is 0.959. The van der Waals surface area contributed by atoms with Crippen molar-refractivity contribution in [2.24, 2.45) is 5.92 Å². The van der Waals surface area contributed by atoms with Crippen LogP contribution in [0.25, 0.3) is 0 Å². The Morgan fingerprint density at radius 2 is 2.18 bits per heavy atom. The minimum absolute atomic E-state index is 0.0251. The third-order valence-electron chi connectivity index (χ3n) is 3.82. The van der Waals surface area contributed by atoms with Crippen molar-refractivity contribution in [2.75, 3.05) is 26.7 Å². The van der Waals surface area contributed by atoms with E-state index in [4.69, 9.17) is 16.3 Å². The van der Waals surface area contributed by atoms with Crippen molar-refractivity contribution < 1.29 is 14.3 Å². The number of hydrogen-bond acceptors (Lipinski definition) is 3. The van der Waals surface area contributed by atoms with Crippen LogP contribution in [0.15, 0.2) is 24.3 Å². The van der Waals surface area contributed by atoms with E-state index in [1.165, 1.54) is 0 Å². The summed E-state index contributed by atoms with van der Waals surface area (Å²) in [5, 5.41) is 3.22. The van der Waals surface area contributed by atoms with Crippen LogP contribution in [-0.2, 0) is 20.7 Å². The van der Waals surface area contributed by atoms with E-state index in [2.05, 4.69) is 5.32 Å². The van der Waals surface area contributed by atoms with Crippen molar-refractivity contribution in [3.8, 4) is 0 Å². The Morgan fingerprint density at radius 1 is 1.45 bits per heavy atom. The minimum atomic E-state index is -0.588. The number of halogens is 1. The number of benzene rings is 1. The van der Waals surface area contributed by atoms with Crippen LogP contribution in [0, 0.1) is 5.92 Å². The van der Waals surface area contributed by atoms with Crippen molar-refractivity contribution in [3.05, 3.63) is 34.9 Å². The zero-order valence-corrected chi connectivity index (χ0v) is 13.6. The van der Waals surface area contributed by atoms with Gasteiger partial charge in [0.05, 0.1) is 13.2 Å². The van der Waals surface area contributed by atoms with Gasteiger partial charge in [0.15, 0.2) is 6.10 Å². The highest BCUT2D eigenvalue weighted by Crippen LogP contribution is 2.20. The first-order valence-electron chi connectivity index (χ1n) is 7.38. The molecule has 0 saturated carbocycles. The first-order valence-corrected chi connectivity index (χ1v) is 7.76. The van der Waals surface area contributed by atoms with Crippen LogP contribution in [0.2, 0.25) is 5.02 Å². The number of morpholine rings is 1. The molecule has 120 valence electrons. The molecule has 1 aliphatic heterocycles. The Morgan fingerprint density at radius 3 is 2.86 bits per heavy atom. The van der Waals surface area contributed by atoms with E-state index in [-0.39, 0.29) is 17.7 Å². The van der Waals surface area contributed by atoms with E-state index in [1.807, 2.05) is 31.2 Å².